The molecule has 2 aromatic rings. The fourth-order valence-corrected chi connectivity index (χ4v) is 3.32. The van der Waals surface area contributed by atoms with Gasteiger partial charge in [-0.05, 0) is 52.0 Å². The molecule has 19 heavy (non-hydrogen) atoms. The minimum atomic E-state index is 0.352. The minimum Gasteiger partial charge on any atom is -0.378 e. The average Bonchev–Trinajstić information content (AvgIpc) is 2.81. The molecule has 0 spiro atoms. The van der Waals surface area contributed by atoms with Crippen LogP contribution in [0.25, 0.3) is 0 Å². The Morgan fingerprint density at radius 2 is 1.89 bits per heavy atom. The van der Waals surface area contributed by atoms with Gasteiger partial charge in [0.2, 0.25) is 0 Å². The highest BCUT2D eigenvalue weighted by Crippen LogP contribution is 2.24. The monoisotopic (exact) mass is 338 g/mol. The van der Waals surface area contributed by atoms with Crippen LogP contribution in [0.1, 0.15) is 23.4 Å². The van der Waals surface area contributed by atoms with Gasteiger partial charge in [0.25, 0.3) is 0 Å². The summed E-state index contributed by atoms with van der Waals surface area (Å²) in [6, 6.07) is 11.2. The van der Waals surface area contributed by atoms with Crippen molar-refractivity contribution >= 4 is 33.0 Å². The van der Waals surface area contributed by atoms with Gasteiger partial charge in [0.1, 0.15) is 0 Å². The molecular weight excluding hydrogens is 320 g/mol. The summed E-state index contributed by atoms with van der Waals surface area (Å²) in [5.74, 6) is 0. The molecule has 1 aromatic heterocycles. The largest absolute Gasteiger partial charge is 0.378 e. The van der Waals surface area contributed by atoms with Crippen molar-refractivity contribution in [3.8, 4) is 0 Å². The number of nitrogens with zero attached hydrogens (tertiary/aromatic N) is 1. The molecule has 1 aromatic carbocycles. The Kier molecular flexibility index (Phi) is 5.02. The Morgan fingerprint density at radius 3 is 2.42 bits per heavy atom. The van der Waals surface area contributed by atoms with Gasteiger partial charge in [0.15, 0.2) is 0 Å². The van der Waals surface area contributed by atoms with E-state index >= 15 is 0 Å². The van der Waals surface area contributed by atoms with E-state index in [0.29, 0.717) is 6.04 Å². The molecule has 0 saturated carbocycles. The summed E-state index contributed by atoms with van der Waals surface area (Å²) in [6.07, 6.45) is 0. The molecule has 1 heterocycles. The zero-order valence-electron chi connectivity index (χ0n) is 11.5. The molecule has 0 saturated heterocycles. The van der Waals surface area contributed by atoms with Crippen molar-refractivity contribution in [1.29, 1.82) is 0 Å². The van der Waals surface area contributed by atoms with E-state index in [2.05, 4.69) is 82.9 Å². The summed E-state index contributed by atoms with van der Waals surface area (Å²) < 4.78 is 1.19. The predicted octanol–water partition coefficient (Wildman–Crippen LogP) is 4.43. The SMILES string of the molecule is CC(NCc1sccc1Br)c1ccc(N(C)C)cc1. The van der Waals surface area contributed by atoms with Crippen molar-refractivity contribution in [1.82, 2.24) is 5.32 Å². The molecule has 1 N–H and O–H groups in total. The van der Waals surface area contributed by atoms with Crippen LogP contribution in [0.2, 0.25) is 0 Å². The van der Waals surface area contributed by atoms with Crippen LogP contribution in [0.3, 0.4) is 0 Å². The van der Waals surface area contributed by atoms with Crippen molar-refractivity contribution in [2.24, 2.45) is 0 Å². The summed E-state index contributed by atoms with van der Waals surface area (Å²) in [7, 11) is 4.12. The maximum Gasteiger partial charge on any atom is 0.0361 e. The molecule has 0 aliphatic heterocycles. The maximum atomic E-state index is 3.56. The fourth-order valence-electron chi connectivity index (χ4n) is 1.88. The van der Waals surface area contributed by atoms with E-state index < -0.39 is 0 Å². The third-order valence-electron chi connectivity index (χ3n) is 3.17. The van der Waals surface area contributed by atoms with Crippen LogP contribution in [0.4, 0.5) is 5.69 Å². The van der Waals surface area contributed by atoms with Crippen LogP contribution in [-0.4, -0.2) is 14.1 Å². The molecule has 2 nitrogen and oxygen atoms in total. The maximum absolute atomic E-state index is 3.56. The fraction of sp³-hybridized carbons (Fsp3) is 0.333. The van der Waals surface area contributed by atoms with Gasteiger partial charge in [-0.3, -0.25) is 0 Å². The van der Waals surface area contributed by atoms with Crippen molar-refractivity contribution in [3.63, 3.8) is 0 Å². The first-order chi connectivity index (χ1) is 9.08. The highest BCUT2D eigenvalue weighted by molar-refractivity contribution is 9.10. The van der Waals surface area contributed by atoms with Gasteiger partial charge in [0.05, 0.1) is 0 Å². The Morgan fingerprint density at radius 1 is 1.21 bits per heavy atom. The number of halogens is 1. The molecular formula is C15H19BrN2S. The predicted molar refractivity (Wildman–Crippen MR) is 88.0 cm³/mol. The molecule has 0 amide bonds. The zero-order valence-corrected chi connectivity index (χ0v) is 13.9. The van der Waals surface area contributed by atoms with Crippen LogP contribution in [0.15, 0.2) is 40.2 Å². The standard InChI is InChI=1S/C15H19BrN2S/c1-11(17-10-15-14(16)8-9-19-15)12-4-6-13(7-5-12)18(2)3/h4-9,11,17H,10H2,1-3H3. The van der Waals surface area contributed by atoms with Gasteiger partial charge < -0.3 is 10.2 Å². The molecule has 0 radical (unpaired) electrons. The van der Waals surface area contributed by atoms with Crippen LogP contribution in [-0.2, 0) is 6.54 Å². The number of anilines is 1. The van der Waals surface area contributed by atoms with E-state index in [4.69, 9.17) is 0 Å². The molecule has 0 fully saturated rings. The lowest BCUT2D eigenvalue weighted by Crippen LogP contribution is -2.17. The molecule has 1 unspecified atom stereocenters. The van der Waals surface area contributed by atoms with E-state index in [0.717, 1.165) is 6.54 Å². The van der Waals surface area contributed by atoms with Gasteiger partial charge in [-0.1, -0.05) is 12.1 Å². The first kappa shape index (κ1) is 14.6. The first-order valence-electron chi connectivity index (χ1n) is 6.30. The summed E-state index contributed by atoms with van der Waals surface area (Å²) >= 11 is 5.34. The van der Waals surface area contributed by atoms with E-state index in [1.54, 1.807) is 11.3 Å². The van der Waals surface area contributed by atoms with Crippen LogP contribution in [0.5, 0.6) is 0 Å². The lowest BCUT2D eigenvalue weighted by atomic mass is 10.1. The smallest absolute Gasteiger partial charge is 0.0361 e. The third kappa shape index (κ3) is 3.81. The Balaban J connectivity index is 1.96. The molecule has 0 bridgehead atoms. The van der Waals surface area contributed by atoms with E-state index in [-0.39, 0.29) is 0 Å². The van der Waals surface area contributed by atoms with Gasteiger partial charge in [-0.2, -0.15) is 0 Å². The lowest BCUT2D eigenvalue weighted by molar-refractivity contribution is 0.578. The molecule has 0 aliphatic carbocycles. The normalized spacial score (nSPS) is 12.4. The number of nitrogens with one attached hydrogen (secondary N) is 1. The molecule has 4 heteroatoms. The van der Waals surface area contributed by atoms with Gasteiger partial charge >= 0.3 is 0 Å². The second kappa shape index (κ2) is 6.55. The summed E-state index contributed by atoms with van der Waals surface area (Å²) in [4.78, 5) is 3.46. The zero-order chi connectivity index (χ0) is 13.8. The Labute approximate surface area is 127 Å². The lowest BCUT2D eigenvalue weighted by Gasteiger charge is -2.17. The van der Waals surface area contributed by atoms with Crippen LogP contribution >= 0.6 is 27.3 Å². The second-order valence-corrected chi connectivity index (χ2v) is 6.64. The second-order valence-electron chi connectivity index (χ2n) is 4.78. The number of thiophene rings is 1. The number of hydrogen-bond acceptors (Lipinski definition) is 3. The van der Waals surface area contributed by atoms with E-state index in [1.165, 1.54) is 20.6 Å². The van der Waals surface area contributed by atoms with Gasteiger partial charge in [-0.25, -0.2) is 0 Å². The summed E-state index contributed by atoms with van der Waals surface area (Å²) in [5.41, 5.74) is 2.55. The number of rotatable bonds is 5. The average molecular weight is 339 g/mol. The van der Waals surface area contributed by atoms with Crippen LogP contribution < -0.4 is 10.2 Å². The molecule has 1 atom stereocenters. The third-order valence-corrected chi connectivity index (χ3v) is 5.10. The van der Waals surface area contributed by atoms with E-state index in [1.807, 2.05) is 0 Å². The van der Waals surface area contributed by atoms with Crippen molar-refractivity contribution in [2.45, 2.75) is 19.5 Å². The highest BCUT2D eigenvalue weighted by atomic mass is 79.9. The van der Waals surface area contributed by atoms with Crippen molar-refractivity contribution < 1.29 is 0 Å². The van der Waals surface area contributed by atoms with Crippen molar-refractivity contribution in [2.75, 3.05) is 19.0 Å². The van der Waals surface area contributed by atoms with E-state index in [9.17, 15) is 0 Å². The molecule has 2 rings (SSSR count). The topological polar surface area (TPSA) is 15.3 Å². The molecule has 0 aliphatic rings. The number of benzene rings is 1. The van der Waals surface area contributed by atoms with Crippen molar-refractivity contribution in [3.05, 3.63) is 50.6 Å². The first-order valence-corrected chi connectivity index (χ1v) is 7.97. The molecule has 102 valence electrons. The Bertz CT molecular complexity index is 519. The summed E-state index contributed by atoms with van der Waals surface area (Å²) in [6.45, 7) is 3.10. The number of hydrogen-bond donors (Lipinski definition) is 1. The Hall–Kier alpha value is -0.840. The van der Waals surface area contributed by atoms with Crippen LogP contribution in [0, 0.1) is 0 Å². The quantitative estimate of drug-likeness (QED) is 0.867. The van der Waals surface area contributed by atoms with Gasteiger partial charge in [-0.15, -0.1) is 11.3 Å². The van der Waals surface area contributed by atoms with Gasteiger partial charge in [0, 0.05) is 41.7 Å². The highest BCUT2D eigenvalue weighted by Gasteiger charge is 2.07. The summed E-state index contributed by atoms with van der Waals surface area (Å²) in [5, 5.41) is 5.67. The minimum absolute atomic E-state index is 0.352.